The van der Waals surface area contributed by atoms with E-state index < -0.39 is 52.7 Å². The number of alkyl halides is 6. The van der Waals surface area contributed by atoms with Gasteiger partial charge in [-0.05, 0) is 24.3 Å². The Labute approximate surface area is 169 Å². The van der Waals surface area contributed by atoms with Crippen LogP contribution in [-0.2, 0) is 12.4 Å². The number of hydrogen-bond acceptors (Lipinski definition) is 2. The zero-order chi connectivity index (χ0) is 20.6. The first-order chi connectivity index (χ1) is 12.3. The molecule has 0 atom stereocenters. The van der Waals surface area contributed by atoms with Gasteiger partial charge in [-0.3, -0.25) is 0 Å². The Morgan fingerprint density at radius 3 is 1.26 bits per heavy atom. The smallest absolute Gasteiger partial charge is 0.526 e. The van der Waals surface area contributed by atoms with Crippen LogP contribution in [0.15, 0.2) is 24.3 Å². The molecule has 2 aromatic carbocycles. The van der Waals surface area contributed by atoms with Gasteiger partial charge in [-0.15, -0.1) is 0 Å². The molecule has 0 saturated carbocycles. The maximum Gasteiger partial charge on any atom is 0.576 e. The second-order valence-corrected chi connectivity index (χ2v) is 6.45. The highest BCUT2D eigenvalue weighted by Gasteiger charge is 2.36. The van der Waals surface area contributed by atoms with Gasteiger partial charge in [0.1, 0.15) is 11.5 Å². The number of hydrogen-bond donors (Lipinski definition) is 0. The molecule has 0 fully saturated rings. The Morgan fingerprint density at radius 2 is 0.963 bits per heavy atom. The lowest BCUT2D eigenvalue weighted by atomic mass is 10.2. The summed E-state index contributed by atoms with van der Waals surface area (Å²) in [5.74, 6) is -1.13. The first-order valence-corrected chi connectivity index (χ1v) is 8.21. The predicted molar refractivity (Wildman–Crippen MR) is 91.3 cm³/mol. The quantitative estimate of drug-likeness (QED) is 0.351. The molecular formula is C14H5BCl4F6O2. The van der Waals surface area contributed by atoms with Gasteiger partial charge in [-0.25, -0.2) is 0 Å². The molecular weight excluding hydrogens is 467 g/mol. The molecule has 0 unspecified atom stereocenters. The fourth-order valence-electron chi connectivity index (χ4n) is 1.91. The van der Waals surface area contributed by atoms with Crippen molar-refractivity contribution >= 4 is 54.1 Å². The maximum absolute atomic E-state index is 12.9. The maximum atomic E-state index is 12.9. The zero-order valence-electron chi connectivity index (χ0n) is 12.6. The van der Waals surface area contributed by atoms with Crippen molar-refractivity contribution in [3.8, 4) is 11.5 Å². The summed E-state index contributed by atoms with van der Waals surface area (Å²) in [6.07, 6.45) is -9.54. The van der Waals surface area contributed by atoms with Gasteiger partial charge in [0.05, 0.1) is 31.2 Å². The van der Waals surface area contributed by atoms with Crippen LogP contribution in [-0.4, -0.2) is 7.69 Å². The molecule has 0 amide bonds. The summed E-state index contributed by atoms with van der Waals surface area (Å²) < 4.78 is 87.0. The highest BCUT2D eigenvalue weighted by Crippen LogP contribution is 2.44. The monoisotopic (exact) mass is 470 g/mol. The molecule has 2 aromatic rings. The highest BCUT2D eigenvalue weighted by molar-refractivity contribution is 6.40. The van der Waals surface area contributed by atoms with E-state index in [4.69, 9.17) is 55.7 Å². The van der Waals surface area contributed by atoms with E-state index in [0.717, 1.165) is 12.1 Å². The molecule has 146 valence electrons. The Kier molecular flexibility index (Phi) is 6.61. The molecule has 0 heterocycles. The molecule has 2 nitrogen and oxygen atoms in total. The third-order valence-electron chi connectivity index (χ3n) is 3.12. The largest absolute Gasteiger partial charge is 0.576 e. The highest BCUT2D eigenvalue weighted by atomic mass is 35.5. The fraction of sp³-hybridized carbons (Fsp3) is 0.143. The van der Waals surface area contributed by atoms with E-state index in [9.17, 15) is 26.3 Å². The second-order valence-electron chi connectivity index (χ2n) is 4.88. The predicted octanol–water partition coefficient (Wildman–Crippen LogP) is 7.06. The van der Waals surface area contributed by atoms with Crippen LogP contribution >= 0.6 is 46.4 Å². The minimum absolute atomic E-state index is 0.266. The summed E-state index contributed by atoms with van der Waals surface area (Å²) in [7, 11) is -0.860. The van der Waals surface area contributed by atoms with Crippen molar-refractivity contribution < 1.29 is 35.7 Å². The van der Waals surface area contributed by atoms with E-state index in [2.05, 4.69) is 0 Å². The number of halogens is 10. The minimum atomic E-state index is -4.77. The van der Waals surface area contributed by atoms with E-state index in [1.165, 1.54) is 0 Å². The van der Waals surface area contributed by atoms with Gasteiger partial charge >= 0.3 is 20.0 Å². The molecule has 0 N–H and O–H groups in total. The lowest BCUT2D eigenvalue weighted by Crippen LogP contribution is -2.15. The lowest BCUT2D eigenvalue weighted by molar-refractivity contribution is -0.138. The van der Waals surface area contributed by atoms with Crippen molar-refractivity contribution in [3.05, 3.63) is 55.5 Å². The molecule has 0 aliphatic carbocycles. The van der Waals surface area contributed by atoms with E-state index in [1.54, 1.807) is 0 Å². The van der Waals surface area contributed by atoms with Crippen LogP contribution in [0.1, 0.15) is 11.1 Å². The van der Waals surface area contributed by atoms with E-state index in [0.29, 0.717) is 12.1 Å². The van der Waals surface area contributed by atoms with Crippen molar-refractivity contribution in [1.29, 1.82) is 0 Å². The van der Waals surface area contributed by atoms with Crippen molar-refractivity contribution in [2.75, 3.05) is 0 Å². The van der Waals surface area contributed by atoms with Crippen LogP contribution in [0, 0.1) is 0 Å². The molecule has 0 spiro atoms. The molecule has 0 aliphatic rings. The molecule has 0 aliphatic heterocycles. The summed E-state index contributed by atoms with van der Waals surface area (Å²) in [5.41, 5.74) is -2.42. The van der Waals surface area contributed by atoms with Crippen molar-refractivity contribution in [2.24, 2.45) is 0 Å². The minimum Gasteiger partial charge on any atom is -0.526 e. The normalized spacial score (nSPS) is 12.1. The molecule has 27 heavy (non-hydrogen) atoms. The Bertz CT molecular complexity index is 787. The summed E-state index contributed by atoms with van der Waals surface area (Å²) in [4.78, 5) is 0. The molecule has 2 rings (SSSR count). The van der Waals surface area contributed by atoms with E-state index >= 15 is 0 Å². The van der Waals surface area contributed by atoms with Gasteiger partial charge in [-0.1, -0.05) is 46.4 Å². The number of benzene rings is 2. The van der Waals surface area contributed by atoms with Crippen molar-refractivity contribution in [2.45, 2.75) is 12.4 Å². The van der Waals surface area contributed by atoms with Crippen LogP contribution in [0.5, 0.6) is 11.5 Å². The van der Waals surface area contributed by atoms with Gasteiger partial charge in [0, 0.05) is 0 Å². The van der Waals surface area contributed by atoms with Crippen molar-refractivity contribution in [3.63, 3.8) is 0 Å². The fourth-order valence-corrected chi connectivity index (χ4v) is 3.09. The van der Waals surface area contributed by atoms with E-state index in [-0.39, 0.29) is 10.0 Å². The van der Waals surface area contributed by atoms with Gasteiger partial charge < -0.3 is 9.31 Å². The lowest BCUT2D eigenvalue weighted by Gasteiger charge is -2.17. The summed E-state index contributed by atoms with van der Waals surface area (Å²) >= 11 is 22.8. The molecule has 0 aromatic heterocycles. The van der Waals surface area contributed by atoms with Crippen LogP contribution < -0.4 is 9.31 Å². The van der Waals surface area contributed by atoms with Gasteiger partial charge in [0.2, 0.25) is 0 Å². The zero-order valence-corrected chi connectivity index (χ0v) is 15.6. The summed E-state index contributed by atoms with van der Waals surface area (Å²) in [5, 5.41) is -2.20. The average Bonchev–Trinajstić information content (AvgIpc) is 2.50. The Morgan fingerprint density at radius 1 is 0.630 bits per heavy atom. The summed E-state index contributed by atoms with van der Waals surface area (Å²) in [6, 6.07) is 3.10. The number of rotatable bonds is 4. The second kappa shape index (κ2) is 8.07. The van der Waals surface area contributed by atoms with Crippen LogP contribution in [0.25, 0.3) is 0 Å². The van der Waals surface area contributed by atoms with Crippen LogP contribution in [0.4, 0.5) is 26.3 Å². The molecule has 13 heteroatoms. The standard InChI is InChI=1S/C14H5BCl4F6O2/c16-7-3-1-5(13(20,21)22)9(18)11(7)26-15-27-12-8(17)4-2-6(10(12)19)14(23,24)25/h1-4,15H. The molecule has 0 bridgehead atoms. The van der Waals surface area contributed by atoms with Gasteiger partial charge in [0.25, 0.3) is 0 Å². The first-order valence-electron chi connectivity index (χ1n) is 6.70. The first kappa shape index (κ1) is 22.1. The van der Waals surface area contributed by atoms with Crippen LogP contribution in [0.3, 0.4) is 0 Å². The summed E-state index contributed by atoms with van der Waals surface area (Å²) in [6.45, 7) is 0. The Hall–Kier alpha value is -1.16. The van der Waals surface area contributed by atoms with Crippen LogP contribution in [0.2, 0.25) is 20.1 Å². The van der Waals surface area contributed by atoms with Gasteiger partial charge in [0.15, 0.2) is 0 Å². The van der Waals surface area contributed by atoms with Gasteiger partial charge in [-0.2, -0.15) is 26.3 Å². The molecule has 0 radical (unpaired) electrons. The topological polar surface area (TPSA) is 18.5 Å². The molecule has 0 saturated heterocycles. The SMILES string of the molecule is FC(F)(F)c1ccc(Cl)c(OBOc2c(Cl)ccc(C(F)(F)F)c2Cl)c1Cl. The third-order valence-corrected chi connectivity index (χ3v) is 4.46. The Balaban J connectivity index is 2.26. The third kappa shape index (κ3) is 5.02. The average molecular weight is 472 g/mol. The van der Waals surface area contributed by atoms with E-state index in [1.807, 2.05) is 0 Å². The van der Waals surface area contributed by atoms with Crippen molar-refractivity contribution in [1.82, 2.24) is 0 Å².